The summed E-state index contributed by atoms with van der Waals surface area (Å²) in [6.07, 6.45) is 1.26. The summed E-state index contributed by atoms with van der Waals surface area (Å²) in [6.45, 7) is 6.35. The lowest BCUT2D eigenvalue weighted by Gasteiger charge is -2.14. The fourth-order valence-electron chi connectivity index (χ4n) is 2.06. The molecule has 2 aromatic rings. The Morgan fingerprint density at radius 3 is 2.43 bits per heavy atom. The number of hydrogen-bond acceptors (Lipinski definition) is 4. The van der Waals surface area contributed by atoms with Gasteiger partial charge in [-0.3, -0.25) is 4.79 Å². The highest BCUT2D eigenvalue weighted by atomic mass is 16.3. The lowest BCUT2D eigenvalue weighted by molar-refractivity contribution is 0.0945. The van der Waals surface area contributed by atoms with E-state index in [9.17, 15) is 4.79 Å². The molecule has 1 aromatic heterocycles. The highest BCUT2D eigenvalue weighted by molar-refractivity contribution is 5.93. The van der Waals surface area contributed by atoms with Gasteiger partial charge in [-0.2, -0.15) is 0 Å². The Labute approximate surface area is 124 Å². The molecule has 0 saturated heterocycles. The molecule has 0 bridgehead atoms. The van der Waals surface area contributed by atoms with Crippen LogP contribution < -0.4 is 11.1 Å². The molecule has 0 aliphatic heterocycles. The largest absolute Gasteiger partial charge is 0.448 e. The van der Waals surface area contributed by atoms with Crippen LogP contribution in [0.3, 0.4) is 0 Å². The minimum absolute atomic E-state index is 0.248. The van der Waals surface area contributed by atoms with Crippen LogP contribution in [-0.2, 0) is 0 Å². The molecule has 5 nitrogen and oxygen atoms in total. The summed E-state index contributed by atoms with van der Waals surface area (Å²) < 4.78 is 5.01. The van der Waals surface area contributed by atoms with Crippen LogP contribution in [0.25, 0.3) is 0 Å². The van der Waals surface area contributed by atoms with Gasteiger partial charge >= 0.3 is 0 Å². The number of rotatable bonds is 5. The second-order valence-corrected chi connectivity index (χ2v) is 5.40. The van der Waals surface area contributed by atoms with Crippen molar-refractivity contribution in [3.05, 3.63) is 53.2 Å². The van der Waals surface area contributed by atoms with Crippen molar-refractivity contribution >= 4 is 5.91 Å². The number of nitrogens with one attached hydrogen (secondary N) is 1. The van der Waals surface area contributed by atoms with Crippen molar-refractivity contribution in [3.8, 4) is 0 Å². The molecule has 3 N–H and O–H groups in total. The summed E-state index contributed by atoms with van der Waals surface area (Å²) in [6, 6.07) is 7.91. The molecule has 0 aliphatic carbocycles. The molecule has 1 atom stereocenters. The summed E-state index contributed by atoms with van der Waals surface area (Å²) in [5.41, 5.74) is 8.67. The molecular weight excluding hydrogens is 266 g/mol. The van der Waals surface area contributed by atoms with Gasteiger partial charge in [0.05, 0.1) is 0 Å². The number of carbonyl (C=O) groups is 1. The van der Waals surface area contributed by atoms with E-state index < -0.39 is 0 Å². The summed E-state index contributed by atoms with van der Waals surface area (Å²) in [5, 5.41) is 2.78. The van der Waals surface area contributed by atoms with Crippen LogP contribution in [0.4, 0.5) is 0 Å². The molecule has 112 valence electrons. The Balaban J connectivity index is 1.94. The van der Waals surface area contributed by atoms with Gasteiger partial charge in [0.15, 0.2) is 12.1 Å². The van der Waals surface area contributed by atoms with Crippen molar-refractivity contribution in [2.45, 2.75) is 32.7 Å². The van der Waals surface area contributed by atoms with Gasteiger partial charge < -0.3 is 15.5 Å². The minimum atomic E-state index is -0.268. The van der Waals surface area contributed by atoms with Crippen LogP contribution in [0.1, 0.15) is 53.2 Å². The smallest absolute Gasteiger partial charge is 0.273 e. The van der Waals surface area contributed by atoms with E-state index in [2.05, 4.69) is 36.3 Å². The monoisotopic (exact) mass is 287 g/mol. The van der Waals surface area contributed by atoms with E-state index in [1.165, 1.54) is 12.0 Å². The maximum Gasteiger partial charge on any atom is 0.273 e. The summed E-state index contributed by atoms with van der Waals surface area (Å²) >= 11 is 0. The van der Waals surface area contributed by atoms with E-state index >= 15 is 0 Å². The van der Waals surface area contributed by atoms with Crippen LogP contribution >= 0.6 is 0 Å². The number of hydrogen-bond donors (Lipinski definition) is 2. The number of oxazole rings is 1. The zero-order chi connectivity index (χ0) is 15.4. The Hall–Kier alpha value is -2.14. The lowest BCUT2D eigenvalue weighted by Crippen LogP contribution is -2.32. The van der Waals surface area contributed by atoms with Gasteiger partial charge in [0.25, 0.3) is 5.91 Å². The number of amides is 1. The van der Waals surface area contributed by atoms with Crippen LogP contribution in [-0.4, -0.2) is 17.4 Å². The molecule has 0 radical (unpaired) electrons. The number of nitrogens with zero attached hydrogens (tertiary/aromatic N) is 1. The molecule has 2 rings (SSSR count). The molecule has 0 saturated carbocycles. The highest BCUT2D eigenvalue weighted by Crippen LogP contribution is 2.17. The van der Waals surface area contributed by atoms with Crippen molar-refractivity contribution in [1.82, 2.24) is 10.3 Å². The SMILES string of the molecule is Cc1ocnc1C(=O)NCC(N)c1ccc(C(C)C)cc1. The van der Waals surface area contributed by atoms with E-state index in [1.54, 1.807) is 6.92 Å². The third kappa shape index (κ3) is 3.70. The zero-order valence-corrected chi connectivity index (χ0v) is 12.6. The topological polar surface area (TPSA) is 81.2 Å². The summed E-state index contributed by atoms with van der Waals surface area (Å²) in [5.74, 6) is 0.725. The average molecular weight is 287 g/mol. The molecule has 0 spiro atoms. The summed E-state index contributed by atoms with van der Waals surface area (Å²) in [7, 11) is 0. The molecule has 1 heterocycles. The van der Waals surface area contributed by atoms with E-state index in [0.717, 1.165) is 5.56 Å². The van der Waals surface area contributed by atoms with Crippen LogP contribution in [0, 0.1) is 6.92 Å². The summed E-state index contributed by atoms with van der Waals surface area (Å²) in [4.78, 5) is 15.8. The second-order valence-electron chi connectivity index (χ2n) is 5.40. The fraction of sp³-hybridized carbons (Fsp3) is 0.375. The van der Waals surface area contributed by atoms with Gasteiger partial charge in [-0.15, -0.1) is 0 Å². The Kier molecular flexibility index (Phi) is 4.75. The van der Waals surface area contributed by atoms with Crippen LogP contribution in [0.5, 0.6) is 0 Å². The molecule has 0 aliphatic rings. The first kappa shape index (κ1) is 15.3. The number of aryl methyl sites for hydroxylation is 1. The predicted octanol–water partition coefficient (Wildman–Crippen LogP) is 2.54. The molecule has 5 heteroatoms. The second kappa shape index (κ2) is 6.54. The third-order valence-electron chi connectivity index (χ3n) is 3.47. The van der Waals surface area contributed by atoms with Gasteiger partial charge in [0.1, 0.15) is 5.76 Å². The van der Waals surface area contributed by atoms with Crippen LogP contribution in [0.15, 0.2) is 35.1 Å². The van der Waals surface area contributed by atoms with E-state index in [4.69, 9.17) is 10.2 Å². The van der Waals surface area contributed by atoms with Gasteiger partial charge in [-0.25, -0.2) is 4.98 Å². The van der Waals surface area contributed by atoms with E-state index in [-0.39, 0.29) is 11.9 Å². The van der Waals surface area contributed by atoms with Crippen molar-refractivity contribution in [1.29, 1.82) is 0 Å². The molecule has 21 heavy (non-hydrogen) atoms. The Morgan fingerprint density at radius 1 is 1.29 bits per heavy atom. The normalized spacial score (nSPS) is 12.4. The fourth-order valence-corrected chi connectivity index (χ4v) is 2.06. The minimum Gasteiger partial charge on any atom is -0.448 e. The van der Waals surface area contributed by atoms with Crippen molar-refractivity contribution in [3.63, 3.8) is 0 Å². The maximum atomic E-state index is 11.9. The van der Waals surface area contributed by atoms with Crippen molar-refractivity contribution in [2.24, 2.45) is 5.73 Å². The van der Waals surface area contributed by atoms with Gasteiger partial charge in [-0.05, 0) is 24.0 Å². The van der Waals surface area contributed by atoms with Gasteiger partial charge in [-0.1, -0.05) is 38.1 Å². The average Bonchev–Trinajstić information content (AvgIpc) is 2.90. The van der Waals surface area contributed by atoms with Crippen LogP contribution in [0.2, 0.25) is 0 Å². The van der Waals surface area contributed by atoms with Crippen molar-refractivity contribution < 1.29 is 9.21 Å². The van der Waals surface area contributed by atoms with E-state index in [1.807, 2.05) is 12.1 Å². The zero-order valence-electron chi connectivity index (χ0n) is 12.6. The first-order valence-corrected chi connectivity index (χ1v) is 7.02. The molecule has 0 fully saturated rings. The number of benzene rings is 1. The molecule has 1 amide bonds. The highest BCUT2D eigenvalue weighted by Gasteiger charge is 2.15. The lowest BCUT2D eigenvalue weighted by atomic mass is 9.99. The molecule has 1 unspecified atom stereocenters. The molecule has 1 aromatic carbocycles. The number of carbonyl (C=O) groups excluding carboxylic acids is 1. The van der Waals surface area contributed by atoms with E-state index in [0.29, 0.717) is 23.9 Å². The quantitative estimate of drug-likeness (QED) is 0.885. The van der Waals surface area contributed by atoms with Crippen molar-refractivity contribution in [2.75, 3.05) is 6.54 Å². The predicted molar refractivity (Wildman–Crippen MR) is 81.0 cm³/mol. The molecular formula is C16H21N3O2. The number of nitrogens with two attached hydrogens (primary N) is 1. The first-order chi connectivity index (χ1) is 9.99. The van der Waals surface area contributed by atoms with Gasteiger partial charge in [0.2, 0.25) is 0 Å². The van der Waals surface area contributed by atoms with Gasteiger partial charge in [0, 0.05) is 12.6 Å². The maximum absolute atomic E-state index is 11.9. The Morgan fingerprint density at radius 2 is 1.90 bits per heavy atom. The standard InChI is InChI=1S/C16H21N3O2/c1-10(2)12-4-6-13(7-5-12)14(17)8-18-16(20)15-11(3)21-9-19-15/h4-7,9-10,14H,8,17H2,1-3H3,(H,18,20). The third-order valence-corrected chi connectivity index (χ3v) is 3.47. The first-order valence-electron chi connectivity index (χ1n) is 7.02. The Bertz CT molecular complexity index is 602. The number of aromatic nitrogens is 1.